The summed E-state index contributed by atoms with van der Waals surface area (Å²) in [5, 5.41) is 0. The Labute approximate surface area is 129 Å². The van der Waals surface area contributed by atoms with Crippen molar-refractivity contribution in [2.45, 2.75) is 57.5 Å². The Bertz CT molecular complexity index is 667. The van der Waals surface area contributed by atoms with E-state index in [1.807, 2.05) is 20.8 Å². The van der Waals surface area contributed by atoms with Gasteiger partial charge in [0, 0.05) is 6.20 Å². The lowest BCUT2D eigenvalue weighted by atomic mass is 10.1. The summed E-state index contributed by atoms with van der Waals surface area (Å²) in [5.74, 6) is -0.714. The fraction of sp³-hybridized carbons (Fsp3) is 0.692. The van der Waals surface area contributed by atoms with E-state index < -0.39 is 23.3 Å². The molecule has 3 rings (SSSR count). The van der Waals surface area contributed by atoms with Crippen LogP contribution in [0, 0.1) is 0 Å². The molecular weight excluding hydrogens is 344 g/mol. The maximum absolute atomic E-state index is 12.0. The van der Waals surface area contributed by atoms with Gasteiger partial charge in [0.15, 0.2) is 12.0 Å². The highest BCUT2D eigenvalue weighted by Gasteiger charge is 2.55. The molecule has 2 saturated heterocycles. The van der Waals surface area contributed by atoms with E-state index in [1.165, 1.54) is 10.8 Å². The van der Waals surface area contributed by atoms with Gasteiger partial charge in [0.05, 0.1) is 10.6 Å². The van der Waals surface area contributed by atoms with Crippen molar-refractivity contribution < 1.29 is 14.2 Å². The van der Waals surface area contributed by atoms with Gasteiger partial charge in [-0.3, -0.25) is 14.3 Å². The number of halogens is 1. The van der Waals surface area contributed by atoms with Gasteiger partial charge in [-0.25, -0.2) is 4.79 Å². The Morgan fingerprint density at radius 2 is 2.00 bits per heavy atom. The van der Waals surface area contributed by atoms with Crippen molar-refractivity contribution in [3.63, 3.8) is 0 Å². The van der Waals surface area contributed by atoms with E-state index in [-0.39, 0.29) is 22.8 Å². The predicted octanol–water partition coefficient (Wildman–Crippen LogP) is 1.13. The molecule has 1 aromatic heterocycles. The molecule has 0 bridgehead atoms. The van der Waals surface area contributed by atoms with Gasteiger partial charge < -0.3 is 14.2 Å². The molecule has 8 heteroatoms. The Hall–Kier alpha value is -0.960. The molecule has 4 atom stereocenters. The summed E-state index contributed by atoms with van der Waals surface area (Å²) < 4.78 is 19.3. The lowest BCUT2D eigenvalue weighted by Crippen LogP contribution is -2.37. The molecular formula is C13H17BrN2O5. The minimum Gasteiger partial charge on any atom is -0.349 e. The van der Waals surface area contributed by atoms with Crippen molar-refractivity contribution in [3.8, 4) is 0 Å². The van der Waals surface area contributed by atoms with Gasteiger partial charge in [-0.2, -0.15) is 0 Å². The lowest BCUT2D eigenvalue weighted by Gasteiger charge is -2.24. The van der Waals surface area contributed by atoms with E-state index in [4.69, 9.17) is 14.2 Å². The van der Waals surface area contributed by atoms with Crippen LogP contribution in [0.3, 0.4) is 0 Å². The van der Waals surface area contributed by atoms with E-state index in [9.17, 15) is 9.59 Å². The van der Waals surface area contributed by atoms with Crippen LogP contribution in [0.4, 0.5) is 0 Å². The highest BCUT2D eigenvalue weighted by Crippen LogP contribution is 2.43. The quantitative estimate of drug-likeness (QED) is 0.854. The van der Waals surface area contributed by atoms with Crippen LogP contribution in [0.2, 0.25) is 0 Å². The molecule has 3 heterocycles. The second-order valence-electron chi connectivity index (χ2n) is 5.68. The van der Waals surface area contributed by atoms with Crippen molar-refractivity contribution in [2.75, 3.05) is 0 Å². The molecule has 0 saturated carbocycles. The molecule has 2 aliphatic heterocycles. The van der Waals surface area contributed by atoms with Crippen molar-refractivity contribution in [3.05, 3.63) is 31.5 Å². The summed E-state index contributed by atoms with van der Waals surface area (Å²) in [5.41, 5.74) is -1.00. The van der Waals surface area contributed by atoms with Gasteiger partial charge in [0.1, 0.15) is 12.2 Å². The van der Waals surface area contributed by atoms with Crippen LogP contribution in [-0.4, -0.2) is 33.7 Å². The number of H-pyrrole nitrogens is 1. The van der Waals surface area contributed by atoms with Crippen LogP contribution in [0.1, 0.15) is 33.4 Å². The van der Waals surface area contributed by atoms with E-state index in [0.29, 0.717) is 0 Å². The van der Waals surface area contributed by atoms with E-state index in [2.05, 4.69) is 20.9 Å². The van der Waals surface area contributed by atoms with Crippen LogP contribution in [-0.2, 0) is 14.2 Å². The predicted molar refractivity (Wildman–Crippen MR) is 77.0 cm³/mol. The van der Waals surface area contributed by atoms with Crippen molar-refractivity contribution in [1.82, 2.24) is 9.55 Å². The molecule has 0 amide bonds. The maximum atomic E-state index is 12.0. The average Bonchev–Trinajstić information content (AvgIpc) is 2.87. The largest absolute Gasteiger partial charge is 0.349 e. The zero-order valence-corrected chi connectivity index (χ0v) is 13.5. The van der Waals surface area contributed by atoms with Crippen LogP contribution < -0.4 is 11.2 Å². The maximum Gasteiger partial charge on any atom is 0.330 e. The molecule has 1 N–H and O–H groups in total. The molecule has 21 heavy (non-hydrogen) atoms. The van der Waals surface area contributed by atoms with Crippen molar-refractivity contribution in [1.29, 1.82) is 0 Å². The SMILES string of the molecule is CC[C@H]1O[C@@H](n2cc(Br)c(=O)[nH]c2=O)C2OC(C)(C)O[C@H]21. The average molecular weight is 361 g/mol. The van der Waals surface area contributed by atoms with Crippen LogP contribution >= 0.6 is 15.9 Å². The van der Waals surface area contributed by atoms with Crippen LogP contribution in [0.5, 0.6) is 0 Å². The molecule has 0 aromatic carbocycles. The molecule has 0 radical (unpaired) electrons. The van der Waals surface area contributed by atoms with Crippen LogP contribution in [0.15, 0.2) is 20.3 Å². The number of fused-ring (bicyclic) bond motifs is 1. The molecule has 2 fully saturated rings. The standard InChI is InChI=1S/C13H17BrN2O5/c1-4-7-8-9(21-13(2,3)20-8)11(19-7)16-5-6(14)10(17)15-12(16)18/h5,7-9,11H,4H2,1-3H3,(H,15,17,18)/t7-,8+,9?,11-/m1/s1. The number of nitrogens with one attached hydrogen (secondary N) is 1. The molecule has 1 unspecified atom stereocenters. The fourth-order valence-electron chi connectivity index (χ4n) is 2.86. The molecule has 2 aliphatic rings. The molecule has 1 aromatic rings. The number of nitrogens with zero attached hydrogens (tertiary/aromatic N) is 1. The number of aromatic amines is 1. The number of hydrogen-bond acceptors (Lipinski definition) is 5. The molecule has 0 aliphatic carbocycles. The molecule has 7 nitrogen and oxygen atoms in total. The summed E-state index contributed by atoms with van der Waals surface area (Å²) >= 11 is 3.12. The first-order valence-corrected chi connectivity index (χ1v) is 7.64. The zero-order valence-electron chi connectivity index (χ0n) is 12.0. The Kier molecular flexibility index (Phi) is 3.59. The molecule has 0 spiro atoms. The van der Waals surface area contributed by atoms with E-state index >= 15 is 0 Å². The van der Waals surface area contributed by atoms with Gasteiger partial charge in [0.2, 0.25) is 0 Å². The lowest BCUT2D eigenvalue weighted by molar-refractivity contribution is -0.197. The first-order valence-electron chi connectivity index (χ1n) is 6.84. The number of rotatable bonds is 2. The second kappa shape index (κ2) is 5.05. The normalized spacial score (nSPS) is 34.1. The number of hydrogen-bond donors (Lipinski definition) is 1. The third-order valence-electron chi connectivity index (χ3n) is 3.73. The summed E-state index contributed by atoms with van der Waals surface area (Å²) in [6, 6.07) is 0. The summed E-state index contributed by atoms with van der Waals surface area (Å²) in [7, 11) is 0. The third kappa shape index (κ3) is 2.50. The van der Waals surface area contributed by atoms with Gasteiger partial charge in [0.25, 0.3) is 5.56 Å². The summed E-state index contributed by atoms with van der Waals surface area (Å²) in [6.07, 6.45) is 0.779. The topological polar surface area (TPSA) is 82.6 Å². The monoisotopic (exact) mass is 360 g/mol. The van der Waals surface area contributed by atoms with Gasteiger partial charge in [-0.15, -0.1) is 0 Å². The smallest absolute Gasteiger partial charge is 0.330 e. The van der Waals surface area contributed by atoms with Crippen molar-refractivity contribution >= 4 is 15.9 Å². The fourth-order valence-corrected chi connectivity index (χ4v) is 3.18. The minimum absolute atomic E-state index is 0.153. The summed E-state index contributed by atoms with van der Waals surface area (Å²) in [4.78, 5) is 25.7. The van der Waals surface area contributed by atoms with E-state index in [1.54, 1.807) is 0 Å². The Morgan fingerprint density at radius 3 is 2.67 bits per heavy atom. The second-order valence-corrected chi connectivity index (χ2v) is 6.54. The molecule has 116 valence electrons. The Balaban J connectivity index is 2.01. The highest BCUT2D eigenvalue weighted by atomic mass is 79.9. The van der Waals surface area contributed by atoms with E-state index in [0.717, 1.165) is 6.42 Å². The number of aromatic nitrogens is 2. The highest BCUT2D eigenvalue weighted by molar-refractivity contribution is 9.10. The summed E-state index contributed by atoms with van der Waals surface area (Å²) in [6.45, 7) is 5.66. The Morgan fingerprint density at radius 1 is 1.33 bits per heavy atom. The van der Waals surface area contributed by atoms with Crippen LogP contribution in [0.25, 0.3) is 0 Å². The third-order valence-corrected chi connectivity index (χ3v) is 4.29. The van der Waals surface area contributed by atoms with Crippen molar-refractivity contribution in [2.24, 2.45) is 0 Å². The van der Waals surface area contributed by atoms with Gasteiger partial charge >= 0.3 is 5.69 Å². The first-order chi connectivity index (χ1) is 9.82. The number of ether oxygens (including phenoxy) is 3. The zero-order chi connectivity index (χ0) is 15.4. The van der Waals surface area contributed by atoms with Gasteiger partial charge in [-0.05, 0) is 36.2 Å². The van der Waals surface area contributed by atoms with Gasteiger partial charge in [-0.1, -0.05) is 6.92 Å². The first kappa shape index (κ1) is 15.0. The minimum atomic E-state index is -0.714.